The lowest BCUT2D eigenvalue weighted by Gasteiger charge is -2.35. The highest BCUT2D eigenvalue weighted by Gasteiger charge is 2.30. The minimum atomic E-state index is -0.465. The summed E-state index contributed by atoms with van der Waals surface area (Å²) >= 11 is 0. The fraction of sp³-hybridized carbons (Fsp3) is 0.647. The molecule has 3 aliphatic rings. The molecule has 1 aromatic rings. The third-order valence-electron chi connectivity index (χ3n) is 5.32. The summed E-state index contributed by atoms with van der Waals surface area (Å²) in [6, 6.07) is 0.259. The normalized spacial score (nSPS) is 20.7. The Kier molecular flexibility index (Phi) is 5.07. The molecule has 1 aliphatic carbocycles. The number of aromatic nitrogens is 2. The number of carbonyl (C=O) groups excluding carboxylic acids is 2. The molecule has 0 unspecified atom stereocenters. The Morgan fingerprint density at radius 3 is 2.39 bits per heavy atom. The van der Waals surface area contributed by atoms with Crippen molar-refractivity contribution in [2.45, 2.75) is 31.7 Å². The van der Waals surface area contributed by atoms with Crippen molar-refractivity contribution in [1.29, 1.82) is 0 Å². The minimum absolute atomic E-state index is 0.0846. The molecule has 0 spiro atoms. The van der Waals surface area contributed by atoms with Crippen LogP contribution in [0.1, 0.15) is 25.7 Å². The van der Waals surface area contributed by atoms with Gasteiger partial charge in [-0.05, 0) is 12.8 Å². The lowest BCUT2D eigenvalue weighted by molar-refractivity contribution is -0.384. The van der Waals surface area contributed by atoms with Crippen LogP contribution < -0.4 is 10.2 Å². The maximum Gasteiger partial charge on any atom is 0.329 e. The molecular weight excluding hydrogens is 366 g/mol. The van der Waals surface area contributed by atoms with Gasteiger partial charge in [-0.3, -0.25) is 29.5 Å². The number of carbonyl (C=O) groups is 2. The van der Waals surface area contributed by atoms with Crippen LogP contribution in [0.4, 0.5) is 17.5 Å². The summed E-state index contributed by atoms with van der Waals surface area (Å²) < 4.78 is 0. The average molecular weight is 389 g/mol. The van der Waals surface area contributed by atoms with Gasteiger partial charge in [-0.2, -0.15) is 4.98 Å². The number of hydrogen-bond acceptors (Lipinski definition) is 9. The van der Waals surface area contributed by atoms with E-state index in [1.54, 1.807) is 0 Å². The van der Waals surface area contributed by atoms with Crippen LogP contribution in [-0.4, -0.2) is 81.8 Å². The SMILES string of the molecule is O=C1CCC(=O)N1CCN1CCN(c2ncc([N+](=O)[O-])c(NC3CC3)n2)CC1. The van der Waals surface area contributed by atoms with Crippen molar-refractivity contribution in [2.75, 3.05) is 49.5 Å². The van der Waals surface area contributed by atoms with Crippen molar-refractivity contribution >= 4 is 29.3 Å². The maximum atomic E-state index is 11.7. The molecule has 28 heavy (non-hydrogen) atoms. The van der Waals surface area contributed by atoms with Gasteiger partial charge in [0.1, 0.15) is 6.20 Å². The molecule has 1 aromatic heterocycles. The van der Waals surface area contributed by atoms with Gasteiger partial charge in [0.05, 0.1) is 4.92 Å². The molecule has 0 bridgehead atoms. The van der Waals surface area contributed by atoms with Gasteiger partial charge in [0.2, 0.25) is 23.6 Å². The largest absolute Gasteiger partial charge is 0.361 e. The molecule has 4 rings (SSSR count). The van der Waals surface area contributed by atoms with Gasteiger partial charge in [-0.1, -0.05) is 0 Å². The third kappa shape index (κ3) is 4.03. The second-order valence-electron chi connectivity index (χ2n) is 7.35. The van der Waals surface area contributed by atoms with Gasteiger partial charge in [-0.25, -0.2) is 4.98 Å². The van der Waals surface area contributed by atoms with Gasteiger partial charge in [-0.15, -0.1) is 0 Å². The van der Waals surface area contributed by atoms with Crippen molar-refractivity contribution < 1.29 is 14.5 Å². The summed E-state index contributed by atoms with van der Waals surface area (Å²) in [6.45, 7) is 3.96. The number of nitrogens with zero attached hydrogens (tertiary/aromatic N) is 6. The lowest BCUT2D eigenvalue weighted by atomic mass is 10.3. The molecule has 11 heteroatoms. The van der Waals surface area contributed by atoms with E-state index in [0.29, 0.717) is 45.0 Å². The Morgan fingerprint density at radius 2 is 1.79 bits per heavy atom. The van der Waals surface area contributed by atoms with Gasteiger partial charge in [0.25, 0.3) is 0 Å². The van der Waals surface area contributed by atoms with Crippen LogP contribution in [0.5, 0.6) is 0 Å². The number of likely N-dealkylation sites (tertiary alicyclic amines) is 1. The molecule has 1 N–H and O–H groups in total. The topological polar surface area (TPSA) is 125 Å². The Labute approximate surface area is 161 Å². The number of nitro groups is 1. The van der Waals surface area contributed by atoms with E-state index in [4.69, 9.17) is 0 Å². The first-order valence-corrected chi connectivity index (χ1v) is 9.60. The van der Waals surface area contributed by atoms with Crippen LogP contribution >= 0.6 is 0 Å². The van der Waals surface area contributed by atoms with E-state index in [1.807, 2.05) is 4.90 Å². The van der Waals surface area contributed by atoms with E-state index in [1.165, 1.54) is 11.1 Å². The predicted octanol–water partition coefficient (Wildman–Crippen LogP) is 0.230. The van der Waals surface area contributed by atoms with Crippen molar-refractivity contribution in [3.8, 4) is 0 Å². The monoisotopic (exact) mass is 389 g/mol. The summed E-state index contributed by atoms with van der Waals surface area (Å²) in [5, 5.41) is 14.3. The summed E-state index contributed by atoms with van der Waals surface area (Å²) in [4.78, 5) is 48.2. The van der Waals surface area contributed by atoms with Crippen molar-refractivity contribution in [2.24, 2.45) is 0 Å². The van der Waals surface area contributed by atoms with E-state index in [0.717, 1.165) is 25.9 Å². The fourth-order valence-electron chi connectivity index (χ4n) is 3.46. The summed E-state index contributed by atoms with van der Waals surface area (Å²) in [5.74, 6) is 0.599. The van der Waals surface area contributed by atoms with Crippen LogP contribution in [0.3, 0.4) is 0 Å². The average Bonchev–Trinajstić information content (AvgIpc) is 3.44. The highest BCUT2D eigenvalue weighted by atomic mass is 16.6. The van der Waals surface area contributed by atoms with Gasteiger partial charge in [0.15, 0.2) is 0 Å². The first kappa shape index (κ1) is 18.5. The Morgan fingerprint density at radius 1 is 1.11 bits per heavy atom. The van der Waals surface area contributed by atoms with Crippen LogP contribution in [0.25, 0.3) is 0 Å². The van der Waals surface area contributed by atoms with E-state index in [2.05, 4.69) is 20.2 Å². The zero-order chi connectivity index (χ0) is 19.7. The number of hydrogen-bond donors (Lipinski definition) is 1. The zero-order valence-electron chi connectivity index (χ0n) is 15.5. The van der Waals surface area contributed by atoms with Crippen LogP contribution in [0.2, 0.25) is 0 Å². The number of amides is 2. The standard InChI is InChI=1S/C17H23N7O4/c25-14-3-4-15(26)23(14)10-7-21-5-8-22(9-6-21)17-18-11-13(24(27)28)16(20-17)19-12-1-2-12/h11-12H,1-10H2,(H,18,19,20). The second kappa shape index (κ2) is 7.66. The molecule has 1 saturated carbocycles. The van der Waals surface area contributed by atoms with E-state index >= 15 is 0 Å². The van der Waals surface area contributed by atoms with Gasteiger partial charge in [0, 0.05) is 58.2 Å². The molecule has 150 valence electrons. The summed E-state index contributed by atoms with van der Waals surface area (Å²) in [5.41, 5.74) is -0.103. The molecule has 2 saturated heterocycles. The zero-order valence-corrected chi connectivity index (χ0v) is 15.5. The molecule has 0 aromatic carbocycles. The molecule has 0 atom stereocenters. The lowest BCUT2D eigenvalue weighted by Crippen LogP contribution is -2.49. The van der Waals surface area contributed by atoms with E-state index in [9.17, 15) is 19.7 Å². The maximum absolute atomic E-state index is 11.7. The molecule has 3 fully saturated rings. The number of rotatable bonds is 7. The third-order valence-corrected chi connectivity index (χ3v) is 5.32. The smallest absolute Gasteiger partial charge is 0.329 e. The molecule has 0 radical (unpaired) electrons. The predicted molar refractivity (Wildman–Crippen MR) is 99.9 cm³/mol. The van der Waals surface area contributed by atoms with Gasteiger partial charge < -0.3 is 10.2 Å². The highest BCUT2D eigenvalue weighted by molar-refractivity contribution is 6.01. The second-order valence-corrected chi connectivity index (χ2v) is 7.35. The van der Waals surface area contributed by atoms with Crippen LogP contribution in [-0.2, 0) is 9.59 Å². The van der Waals surface area contributed by atoms with Crippen LogP contribution in [0, 0.1) is 10.1 Å². The quantitative estimate of drug-likeness (QED) is 0.396. The first-order chi connectivity index (χ1) is 13.5. The Hall–Kier alpha value is -2.82. The number of anilines is 2. The van der Waals surface area contributed by atoms with E-state index in [-0.39, 0.29) is 29.4 Å². The van der Waals surface area contributed by atoms with Crippen molar-refractivity contribution in [3.63, 3.8) is 0 Å². The number of nitrogens with one attached hydrogen (secondary N) is 1. The Bertz CT molecular complexity index is 774. The van der Waals surface area contributed by atoms with Crippen molar-refractivity contribution in [3.05, 3.63) is 16.3 Å². The minimum Gasteiger partial charge on any atom is -0.361 e. The fourth-order valence-corrected chi connectivity index (χ4v) is 3.46. The summed E-state index contributed by atoms with van der Waals surface area (Å²) in [7, 11) is 0. The molecular formula is C17H23N7O4. The van der Waals surface area contributed by atoms with Gasteiger partial charge >= 0.3 is 5.69 Å². The molecule has 2 amide bonds. The molecule has 2 aliphatic heterocycles. The number of imide groups is 1. The van der Waals surface area contributed by atoms with E-state index < -0.39 is 4.92 Å². The molecule has 11 nitrogen and oxygen atoms in total. The number of piperazine rings is 1. The Balaban J connectivity index is 1.33. The first-order valence-electron chi connectivity index (χ1n) is 9.60. The highest BCUT2D eigenvalue weighted by Crippen LogP contribution is 2.30. The van der Waals surface area contributed by atoms with Crippen molar-refractivity contribution in [1.82, 2.24) is 19.8 Å². The molecule has 3 heterocycles. The summed E-state index contributed by atoms with van der Waals surface area (Å²) in [6.07, 6.45) is 3.90. The van der Waals surface area contributed by atoms with Crippen LogP contribution in [0.15, 0.2) is 6.20 Å².